The van der Waals surface area contributed by atoms with E-state index in [1.165, 1.54) is 31.4 Å². The van der Waals surface area contributed by atoms with E-state index in [1.807, 2.05) is 0 Å². The standard InChI is InChI=1S/C21H21F2N3O2/c1-5-13-15(22)7-6-11-8-12(27)9-14(17(11)13)20-18(23)19(24)16(10(2)25-3)21(26-20)28-4/h6-9,25,27H,2,5H2,1,3-4H3,(H2,24,26). The van der Waals surface area contributed by atoms with Gasteiger partial charge in [-0.2, -0.15) is 0 Å². The van der Waals surface area contributed by atoms with Crippen molar-refractivity contribution in [3.8, 4) is 22.9 Å². The number of nitrogens with two attached hydrogens (primary N) is 1. The van der Waals surface area contributed by atoms with E-state index in [9.17, 15) is 9.50 Å². The van der Waals surface area contributed by atoms with Gasteiger partial charge in [0.1, 0.15) is 17.3 Å². The number of nitrogen functional groups attached to an aromatic ring is 1. The lowest BCUT2D eigenvalue weighted by Gasteiger charge is -2.18. The van der Waals surface area contributed by atoms with Gasteiger partial charge in [0.05, 0.1) is 18.4 Å². The summed E-state index contributed by atoms with van der Waals surface area (Å²) in [7, 11) is 3.00. The highest BCUT2D eigenvalue weighted by Gasteiger charge is 2.24. The molecular formula is C21H21F2N3O2. The number of phenols is 1. The van der Waals surface area contributed by atoms with Gasteiger partial charge in [-0.15, -0.1) is 0 Å². The Morgan fingerprint density at radius 3 is 2.64 bits per heavy atom. The molecule has 0 spiro atoms. The Hall–Kier alpha value is -3.35. The van der Waals surface area contributed by atoms with Crippen LogP contribution in [0.3, 0.4) is 0 Å². The highest BCUT2D eigenvalue weighted by atomic mass is 19.1. The summed E-state index contributed by atoms with van der Waals surface area (Å²) in [6.45, 7) is 5.59. The number of nitrogens with zero attached hydrogens (tertiary/aromatic N) is 1. The van der Waals surface area contributed by atoms with Crippen molar-refractivity contribution in [2.24, 2.45) is 0 Å². The van der Waals surface area contributed by atoms with E-state index in [2.05, 4.69) is 16.9 Å². The zero-order valence-corrected chi connectivity index (χ0v) is 15.9. The minimum atomic E-state index is -0.801. The maximum absolute atomic E-state index is 15.3. The Bertz CT molecular complexity index is 1100. The summed E-state index contributed by atoms with van der Waals surface area (Å²) in [5.41, 5.74) is 6.86. The number of anilines is 1. The van der Waals surface area contributed by atoms with Crippen molar-refractivity contribution in [3.63, 3.8) is 0 Å². The molecule has 146 valence electrons. The van der Waals surface area contributed by atoms with Crippen LogP contribution in [0.15, 0.2) is 30.8 Å². The second-order valence-corrected chi connectivity index (χ2v) is 6.27. The summed E-state index contributed by atoms with van der Waals surface area (Å²) in [5.74, 6) is -1.24. The molecule has 0 fully saturated rings. The van der Waals surface area contributed by atoms with E-state index in [0.717, 1.165) is 0 Å². The minimum absolute atomic E-state index is 0.0687. The number of nitrogens with one attached hydrogen (secondary N) is 1. The number of aryl methyl sites for hydroxylation is 1. The van der Waals surface area contributed by atoms with E-state index in [-0.39, 0.29) is 34.1 Å². The minimum Gasteiger partial charge on any atom is -0.508 e. The van der Waals surface area contributed by atoms with Gasteiger partial charge >= 0.3 is 0 Å². The number of pyridine rings is 1. The fourth-order valence-electron chi connectivity index (χ4n) is 3.33. The third-order valence-corrected chi connectivity index (χ3v) is 4.70. The van der Waals surface area contributed by atoms with E-state index < -0.39 is 11.6 Å². The number of phenolic OH excluding ortho intramolecular Hbond substituents is 1. The van der Waals surface area contributed by atoms with Crippen LogP contribution in [0, 0.1) is 11.6 Å². The van der Waals surface area contributed by atoms with Gasteiger partial charge in [0.2, 0.25) is 5.88 Å². The smallest absolute Gasteiger partial charge is 0.225 e. The van der Waals surface area contributed by atoms with Gasteiger partial charge in [0.25, 0.3) is 0 Å². The molecule has 0 atom stereocenters. The zero-order chi connectivity index (χ0) is 20.6. The van der Waals surface area contributed by atoms with Crippen LogP contribution in [0.2, 0.25) is 0 Å². The molecule has 0 radical (unpaired) electrons. The maximum atomic E-state index is 15.3. The number of rotatable bonds is 5. The van der Waals surface area contributed by atoms with Crippen LogP contribution in [-0.4, -0.2) is 24.2 Å². The summed E-state index contributed by atoms with van der Waals surface area (Å²) in [4.78, 5) is 4.28. The summed E-state index contributed by atoms with van der Waals surface area (Å²) >= 11 is 0. The second kappa shape index (κ2) is 7.34. The highest BCUT2D eigenvalue weighted by Crippen LogP contribution is 2.40. The first kappa shape index (κ1) is 19.4. The molecule has 0 aliphatic carbocycles. The topological polar surface area (TPSA) is 80.4 Å². The number of halogens is 2. The molecule has 1 aromatic heterocycles. The maximum Gasteiger partial charge on any atom is 0.225 e. The Kier molecular flexibility index (Phi) is 5.09. The second-order valence-electron chi connectivity index (χ2n) is 6.27. The number of aromatic hydroxyl groups is 1. The predicted molar refractivity (Wildman–Crippen MR) is 107 cm³/mol. The van der Waals surface area contributed by atoms with Gasteiger partial charge in [0, 0.05) is 18.3 Å². The van der Waals surface area contributed by atoms with Crippen LogP contribution in [0.5, 0.6) is 11.6 Å². The molecule has 3 aromatic rings. The molecule has 0 saturated carbocycles. The summed E-state index contributed by atoms with van der Waals surface area (Å²) in [6.07, 6.45) is 0.379. The van der Waals surface area contributed by atoms with Crippen molar-refractivity contribution in [1.29, 1.82) is 0 Å². The van der Waals surface area contributed by atoms with Crippen molar-refractivity contribution in [2.45, 2.75) is 13.3 Å². The monoisotopic (exact) mass is 385 g/mol. The lowest BCUT2D eigenvalue weighted by atomic mass is 9.94. The SMILES string of the molecule is C=C(NC)c1c(OC)nc(-c2cc(O)cc3ccc(F)c(CC)c23)c(F)c1N. The van der Waals surface area contributed by atoms with Gasteiger partial charge in [-0.05, 0) is 41.0 Å². The van der Waals surface area contributed by atoms with Gasteiger partial charge in [0.15, 0.2) is 5.82 Å². The van der Waals surface area contributed by atoms with Crippen LogP contribution in [-0.2, 0) is 6.42 Å². The van der Waals surface area contributed by atoms with Gasteiger partial charge < -0.3 is 20.9 Å². The fourth-order valence-corrected chi connectivity index (χ4v) is 3.33. The van der Waals surface area contributed by atoms with Crippen LogP contribution in [0.1, 0.15) is 18.1 Å². The quantitative estimate of drug-likeness (QED) is 0.612. The number of hydrogen-bond acceptors (Lipinski definition) is 5. The first-order valence-electron chi connectivity index (χ1n) is 8.68. The number of hydrogen-bond donors (Lipinski definition) is 3. The molecule has 0 aliphatic heterocycles. The Morgan fingerprint density at radius 1 is 1.32 bits per heavy atom. The van der Waals surface area contributed by atoms with Crippen molar-refractivity contribution >= 4 is 22.2 Å². The Labute approximate surface area is 161 Å². The van der Waals surface area contributed by atoms with Crippen molar-refractivity contribution in [1.82, 2.24) is 10.3 Å². The average Bonchev–Trinajstić information content (AvgIpc) is 2.68. The van der Waals surface area contributed by atoms with Gasteiger partial charge in [-0.3, -0.25) is 0 Å². The molecule has 0 aliphatic rings. The van der Waals surface area contributed by atoms with Crippen molar-refractivity contribution in [2.75, 3.05) is 19.9 Å². The molecule has 3 rings (SSSR count). The summed E-state index contributed by atoms with van der Waals surface area (Å²) < 4.78 is 35.0. The molecule has 0 bridgehead atoms. The number of ether oxygens (including phenoxy) is 1. The van der Waals surface area contributed by atoms with Crippen LogP contribution in [0.25, 0.3) is 27.7 Å². The molecule has 0 unspecified atom stereocenters. The molecule has 0 saturated heterocycles. The highest BCUT2D eigenvalue weighted by molar-refractivity contribution is 6.00. The third kappa shape index (κ3) is 2.98. The lowest BCUT2D eigenvalue weighted by molar-refractivity contribution is 0.395. The average molecular weight is 385 g/mol. The number of aromatic nitrogens is 1. The zero-order valence-electron chi connectivity index (χ0n) is 15.9. The van der Waals surface area contributed by atoms with E-state index >= 15 is 4.39 Å². The number of benzene rings is 2. The largest absolute Gasteiger partial charge is 0.508 e. The Morgan fingerprint density at radius 2 is 2.04 bits per heavy atom. The van der Waals surface area contributed by atoms with Crippen LogP contribution >= 0.6 is 0 Å². The molecule has 0 amide bonds. The Balaban J connectivity index is 2.45. The fraction of sp³-hybridized carbons (Fsp3) is 0.190. The van der Waals surface area contributed by atoms with Crippen molar-refractivity contribution < 1.29 is 18.6 Å². The summed E-state index contributed by atoms with van der Waals surface area (Å²) in [6, 6.07) is 5.69. The molecular weight excluding hydrogens is 364 g/mol. The van der Waals surface area contributed by atoms with Crippen LogP contribution < -0.4 is 15.8 Å². The van der Waals surface area contributed by atoms with Crippen LogP contribution in [0.4, 0.5) is 14.5 Å². The van der Waals surface area contributed by atoms with Gasteiger partial charge in [-0.25, -0.2) is 13.8 Å². The van der Waals surface area contributed by atoms with E-state index in [4.69, 9.17) is 10.5 Å². The lowest BCUT2D eigenvalue weighted by Crippen LogP contribution is -2.11. The van der Waals surface area contributed by atoms with E-state index in [1.54, 1.807) is 14.0 Å². The molecule has 2 aromatic carbocycles. The molecule has 1 heterocycles. The van der Waals surface area contributed by atoms with Gasteiger partial charge in [-0.1, -0.05) is 19.6 Å². The first-order chi connectivity index (χ1) is 13.3. The molecule has 4 N–H and O–H groups in total. The molecule has 28 heavy (non-hydrogen) atoms. The van der Waals surface area contributed by atoms with E-state index in [0.29, 0.717) is 28.5 Å². The molecule has 5 nitrogen and oxygen atoms in total. The number of fused-ring (bicyclic) bond motifs is 1. The van der Waals surface area contributed by atoms with Crippen molar-refractivity contribution in [3.05, 3.63) is 53.6 Å². The predicted octanol–water partition coefficient (Wildman–Crippen LogP) is 4.23. The molecule has 7 heteroatoms. The first-order valence-corrected chi connectivity index (χ1v) is 8.68. The number of methoxy groups -OCH3 is 1. The summed E-state index contributed by atoms with van der Waals surface area (Å²) in [5, 5.41) is 14.0. The third-order valence-electron chi connectivity index (χ3n) is 4.70. The normalized spacial score (nSPS) is 10.9.